The molecular formula is C18H20N4O5. The SMILES string of the molecule is CCCOc1c(OC)cc(/C=N\NC(=O)c2ccccc2N)cc1[N+](=O)[O-]. The average molecular weight is 372 g/mol. The van der Waals surface area contributed by atoms with E-state index < -0.39 is 10.8 Å². The number of hydrazone groups is 1. The molecule has 3 N–H and O–H groups in total. The van der Waals surface area contributed by atoms with Crippen molar-refractivity contribution in [1.29, 1.82) is 0 Å². The monoisotopic (exact) mass is 372 g/mol. The van der Waals surface area contributed by atoms with Gasteiger partial charge in [0.25, 0.3) is 5.91 Å². The summed E-state index contributed by atoms with van der Waals surface area (Å²) in [6.07, 6.45) is 1.97. The predicted molar refractivity (Wildman–Crippen MR) is 101 cm³/mol. The lowest BCUT2D eigenvalue weighted by atomic mass is 10.1. The van der Waals surface area contributed by atoms with Crippen molar-refractivity contribution in [3.05, 3.63) is 57.6 Å². The zero-order valence-electron chi connectivity index (χ0n) is 15.0. The number of methoxy groups -OCH3 is 1. The van der Waals surface area contributed by atoms with E-state index in [-0.39, 0.29) is 22.7 Å². The fourth-order valence-corrected chi connectivity index (χ4v) is 2.25. The van der Waals surface area contributed by atoms with E-state index in [1.807, 2.05) is 6.92 Å². The van der Waals surface area contributed by atoms with Gasteiger partial charge < -0.3 is 15.2 Å². The molecule has 0 aliphatic heterocycles. The number of nitrogens with two attached hydrogens (primary N) is 1. The molecule has 0 heterocycles. The molecule has 0 bridgehead atoms. The molecule has 0 saturated heterocycles. The van der Waals surface area contributed by atoms with E-state index in [1.54, 1.807) is 24.3 Å². The zero-order chi connectivity index (χ0) is 19.8. The van der Waals surface area contributed by atoms with Gasteiger partial charge in [-0.25, -0.2) is 5.43 Å². The third kappa shape index (κ3) is 4.94. The van der Waals surface area contributed by atoms with Crippen LogP contribution in [0, 0.1) is 10.1 Å². The normalized spacial score (nSPS) is 10.6. The minimum Gasteiger partial charge on any atom is -0.493 e. The number of amides is 1. The number of para-hydroxylation sites is 1. The highest BCUT2D eigenvalue weighted by Gasteiger charge is 2.22. The van der Waals surface area contributed by atoms with Crippen molar-refractivity contribution in [2.75, 3.05) is 19.5 Å². The summed E-state index contributed by atoms with van der Waals surface area (Å²) in [5, 5.41) is 15.2. The molecule has 0 atom stereocenters. The molecule has 2 rings (SSSR count). The van der Waals surface area contributed by atoms with Gasteiger partial charge in [0.15, 0.2) is 5.75 Å². The van der Waals surface area contributed by atoms with Gasteiger partial charge in [0.05, 0.1) is 30.4 Å². The van der Waals surface area contributed by atoms with Crippen LogP contribution in [0.1, 0.15) is 29.3 Å². The van der Waals surface area contributed by atoms with Crippen molar-refractivity contribution in [3.63, 3.8) is 0 Å². The number of nitrogens with one attached hydrogen (secondary N) is 1. The van der Waals surface area contributed by atoms with Crippen LogP contribution in [0.5, 0.6) is 11.5 Å². The summed E-state index contributed by atoms with van der Waals surface area (Å²) in [6.45, 7) is 2.21. The highest BCUT2D eigenvalue weighted by molar-refractivity contribution is 5.99. The summed E-state index contributed by atoms with van der Waals surface area (Å²) >= 11 is 0. The van der Waals surface area contributed by atoms with E-state index in [0.29, 0.717) is 24.3 Å². The third-order valence-corrected chi connectivity index (χ3v) is 3.51. The Morgan fingerprint density at radius 3 is 2.74 bits per heavy atom. The van der Waals surface area contributed by atoms with E-state index in [2.05, 4.69) is 10.5 Å². The van der Waals surface area contributed by atoms with Crippen molar-refractivity contribution in [3.8, 4) is 11.5 Å². The van der Waals surface area contributed by atoms with Crippen molar-refractivity contribution in [1.82, 2.24) is 5.43 Å². The number of nitro groups is 1. The van der Waals surface area contributed by atoms with Crippen molar-refractivity contribution >= 4 is 23.5 Å². The van der Waals surface area contributed by atoms with Gasteiger partial charge in [-0.3, -0.25) is 14.9 Å². The number of benzene rings is 2. The lowest BCUT2D eigenvalue weighted by Gasteiger charge is -2.11. The molecule has 2 aromatic rings. The first-order chi connectivity index (χ1) is 13.0. The number of nitrogen functional groups attached to an aromatic ring is 1. The summed E-state index contributed by atoms with van der Waals surface area (Å²) in [5.74, 6) is -0.228. The van der Waals surface area contributed by atoms with Gasteiger partial charge in [-0.15, -0.1) is 0 Å². The van der Waals surface area contributed by atoms with Gasteiger partial charge in [0.2, 0.25) is 5.75 Å². The molecule has 142 valence electrons. The Morgan fingerprint density at radius 1 is 1.37 bits per heavy atom. The van der Waals surface area contributed by atoms with Gasteiger partial charge in [-0.05, 0) is 24.6 Å². The summed E-state index contributed by atoms with van der Waals surface area (Å²) in [4.78, 5) is 22.9. The molecule has 0 aliphatic rings. The van der Waals surface area contributed by atoms with Crippen LogP contribution >= 0.6 is 0 Å². The van der Waals surface area contributed by atoms with E-state index in [4.69, 9.17) is 15.2 Å². The molecule has 0 unspecified atom stereocenters. The number of carbonyl (C=O) groups is 1. The fraction of sp³-hybridized carbons (Fsp3) is 0.222. The zero-order valence-corrected chi connectivity index (χ0v) is 15.0. The van der Waals surface area contributed by atoms with Gasteiger partial charge in [0, 0.05) is 17.3 Å². The first-order valence-electron chi connectivity index (χ1n) is 8.15. The fourth-order valence-electron chi connectivity index (χ4n) is 2.25. The highest BCUT2D eigenvalue weighted by Crippen LogP contribution is 2.38. The van der Waals surface area contributed by atoms with E-state index in [0.717, 1.165) is 0 Å². The predicted octanol–water partition coefficient (Wildman–Crippen LogP) is 2.74. The molecule has 2 aromatic carbocycles. The third-order valence-electron chi connectivity index (χ3n) is 3.51. The van der Waals surface area contributed by atoms with Crippen LogP contribution in [-0.2, 0) is 0 Å². The number of ether oxygens (including phenoxy) is 2. The van der Waals surface area contributed by atoms with Crippen LogP contribution in [0.3, 0.4) is 0 Å². The molecule has 27 heavy (non-hydrogen) atoms. The van der Waals surface area contributed by atoms with Crippen LogP contribution < -0.4 is 20.6 Å². The van der Waals surface area contributed by atoms with Crippen molar-refractivity contribution < 1.29 is 19.2 Å². The quantitative estimate of drug-likeness (QED) is 0.317. The van der Waals surface area contributed by atoms with Crippen LogP contribution in [0.2, 0.25) is 0 Å². The van der Waals surface area contributed by atoms with E-state index in [1.165, 1.54) is 25.5 Å². The lowest BCUT2D eigenvalue weighted by molar-refractivity contribution is -0.386. The Morgan fingerprint density at radius 2 is 2.11 bits per heavy atom. The second-order valence-corrected chi connectivity index (χ2v) is 5.46. The van der Waals surface area contributed by atoms with Crippen LogP contribution in [0.15, 0.2) is 41.5 Å². The number of anilines is 1. The van der Waals surface area contributed by atoms with E-state index >= 15 is 0 Å². The molecule has 9 nitrogen and oxygen atoms in total. The van der Waals surface area contributed by atoms with Crippen LogP contribution in [0.4, 0.5) is 11.4 Å². The molecule has 0 radical (unpaired) electrons. The molecule has 0 spiro atoms. The second kappa shape index (κ2) is 9.18. The number of rotatable bonds is 8. The molecule has 0 aliphatic carbocycles. The van der Waals surface area contributed by atoms with Crippen molar-refractivity contribution in [2.24, 2.45) is 5.10 Å². The number of nitro benzene ring substituents is 1. The average Bonchev–Trinajstić information content (AvgIpc) is 2.66. The molecule has 0 aromatic heterocycles. The number of hydrogen-bond donors (Lipinski definition) is 2. The molecule has 0 saturated carbocycles. The Kier molecular flexibility index (Phi) is 6.70. The topological polar surface area (TPSA) is 129 Å². The first kappa shape index (κ1) is 19.7. The summed E-state index contributed by atoms with van der Waals surface area (Å²) in [5.41, 5.74) is 8.78. The van der Waals surface area contributed by atoms with Crippen molar-refractivity contribution in [2.45, 2.75) is 13.3 Å². The Balaban J connectivity index is 2.24. The maximum atomic E-state index is 12.1. The van der Waals surface area contributed by atoms with Gasteiger partial charge in [-0.2, -0.15) is 5.10 Å². The smallest absolute Gasteiger partial charge is 0.315 e. The maximum absolute atomic E-state index is 12.1. The van der Waals surface area contributed by atoms with Gasteiger partial charge in [0.1, 0.15) is 0 Å². The Hall–Kier alpha value is -3.62. The van der Waals surface area contributed by atoms with Gasteiger partial charge >= 0.3 is 5.69 Å². The standard InChI is InChI=1S/C18H20N4O5/c1-3-8-27-17-15(22(24)25)9-12(10-16(17)26-2)11-20-21-18(23)13-6-4-5-7-14(13)19/h4-7,9-11H,3,8,19H2,1-2H3,(H,21,23)/b20-11-. The number of carbonyl (C=O) groups excluding carboxylic acids is 1. The van der Waals surface area contributed by atoms with Gasteiger partial charge in [-0.1, -0.05) is 19.1 Å². The number of hydrogen-bond acceptors (Lipinski definition) is 7. The first-order valence-corrected chi connectivity index (χ1v) is 8.15. The number of nitrogens with zero attached hydrogens (tertiary/aromatic N) is 2. The highest BCUT2D eigenvalue weighted by atomic mass is 16.6. The molecule has 1 amide bonds. The summed E-state index contributed by atoms with van der Waals surface area (Å²) in [7, 11) is 1.39. The van der Waals surface area contributed by atoms with Crippen LogP contribution in [0.25, 0.3) is 0 Å². The molecular weight excluding hydrogens is 352 g/mol. The van der Waals surface area contributed by atoms with Crippen LogP contribution in [-0.4, -0.2) is 30.8 Å². The largest absolute Gasteiger partial charge is 0.493 e. The minimum absolute atomic E-state index is 0.0580. The van der Waals surface area contributed by atoms with E-state index in [9.17, 15) is 14.9 Å². The Labute approximate surface area is 155 Å². The summed E-state index contributed by atoms with van der Waals surface area (Å²) < 4.78 is 10.6. The molecule has 0 fully saturated rings. The summed E-state index contributed by atoms with van der Waals surface area (Å²) in [6, 6.07) is 9.38. The lowest BCUT2D eigenvalue weighted by Crippen LogP contribution is -2.19. The minimum atomic E-state index is -0.561. The maximum Gasteiger partial charge on any atom is 0.315 e. The second-order valence-electron chi connectivity index (χ2n) is 5.46. The Bertz CT molecular complexity index is 867. The molecule has 9 heteroatoms.